The van der Waals surface area contributed by atoms with Crippen LogP contribution in [0.4, 0.5) is 0 Å². The first kappa shape index (κ1) is 16.2. The summed E-state index contributed by atoms with van der Waals surface area (Å²) in [4.78, 5) is 4.74. The average Bonchev–Trinajstić information content (AvgIpc) is 3.06. The van der Waals surface area contributed by atoms with E-state index in [1.165, 1.54) is 0 Å². The predicted octanol–water partition coefficient (Wildman–Crippen LogP) is 4.69. The maximum Gasteiger partial charge on any atom is 0.148 e. The Balaban J connectivity index is 1.51. The number of imidazole rings is 1. The molecule has 0 aliphatic carbocycles. The number of nitrogens with zero attached hydrogens (tertiary/aromatic N) is 2. The number of benzene rings is 3. The molecule has 0 spiro atoms. The van der Waals surface area contributed by atoms with Crippen molar-refractivity contribution in [3.63, 3.8) is 0 Å². The van der Waals surface area contributed by atoms with Crippen LogP contribution in [0.15, 0.2) is 84.9 Å². The van der Waals surface area contributed by atoms with E-state index < -0.39 is 0 Å². The SMILES string of the molecule is c1ccc(OCCn2c(COc3ccccc3)nc3ccccc32)cc1. The van der Waals surface area contributed by atoms with E-state index in [0.717, 1.165) is 28.4 Å². The molecule has 4 nitrogen and oxygen atoms in total. The van der Waals surface area contributed by atoms with Gasteiger partial charge in [0.2, 0.25) is 0 Å². The third-order valence-corrected chi connectivity index (χ3v) is 4.17. The molecule has 4 aromatic rings. The van der Waals surface area contributed by atoms with Crippen molar-refractivity contribution >= 4 is 11.0 Å². The molecular formula is C22H20N2O2. The molecule has 1 heterocycles. The number of hydrogen-bond donors (Lipinski definition) is 0. The lowest BCUT2D eigenvalue weighted by Crippen LogP contribution is -2.13. The Morgan fingerprint density at radius 3 is 2.04 bits per heavy atom. The van der Waals surface area contributed by atoms with Crippen molar-refractivity contribution in [2.24, 2.45) is 0 Å². The zero-order valence-corrected chi connectivity index (χ0v) is 14.4. The molecule has 0 aliphatic rings. The van der Waals surface area contributed by atoms with Gasteiger partial charge >= 0.3 is 0 Å². The van der Waals surface area contributed by atoms with Gasteiger partial charge in [0.15, 0.2) is 0 Å². The van der Waals surface area contributed by atoms with Gasteiger partial charge in [0.25, 0.3) is 0 Å². The molecule has 130 valence electrons. The largest absolute Gasteiger partial charge is 0.492 e. The van der Waals surface area contributed by atoms with Crippen LogP contribution in [0, 0.1) is 0 Å². The number of fused-ring (bicyclic) bond motifs is 1. The number of hydrogen-bond acceptors (Lipinski definition) is 3. The molecule has 26 heavy (non-hydrogen) atoms. The Hall–Kier alpha value is -3.27. The fourth-order valence-corrected chi connectivity index (χ4v) is 2.92. The maximum absolute atomic E-state index is 5.90. The second-order valence-corrected chi connectivity index (χ2v) is 5.93. The lowest BCUT2D eigenvalue weighted by Gasteiger charge is -2.11. The number of rotatable bonds is 7. The first-order chi connectivity index (χ1) is 12.9. The molecule has 0 bridgehead atoms. The van der Waals surface area contributed by atoms with Gasteiger partial charge in [0, 0.05) is 0 Å². The zero-order valence-electron chi connectivity index (χ0n) is 14.4. The predicted molar refractivity (Wildman–Crippen MR) is 102 cm³/mol. The molecule has 0 N–H and O–H groups in total. The summed E-state index contributed by atoms with van der Waals surface area (Å²) in [7, 11) is 0. The van der Waals surface area contributed by atoms with E-state index in [9.17, 15) is 0 Å². The van der Waals surface area contributed by atoms with Crippen LogP contribution in [0.2, 0.25) is 0 Å². The third kappa shape index (κ3) is 3.70. The Labute approximate surface area is 152 Å². The second-order valence-electron chi connectivity index (χ2n) is 5.93. The first-order valence-electron chi connectivity index (χ1n) is 8.70. The van der Waals surface area contributed by atoms with Crippen molar-refractivity contribution in [2.45, 2.75) is 13.2 Å². The summed E-state index contributed by atoms with van der Waals surface area (Å²) in [5.74, 6) is 2.61. The summed E-state index contributed by atoms with van der Waals surface area (Å²) in [6.07, 6.45) is 0. The van der Waals surface area contributed by atoms with Crippen LogP contribution < -0.4 is 9.47 Å². The van der Waals surface area contributed by atoms with Gasteiger partial charge in [-0.15, -0.1) is 0 Å². The van der Waals surface area contributed by atoms with Crippen LogP contribution in [0.5, 0.6) is 11.5 Å². The van der Waals surface area contributed by atoms with E-state index in [1.54, 1.807) is 0 Å². The Morgan fingerprint density at radius 2 is 1.31 bits per heavy atom. The van der Waals surface area contributed by atoms with Gasteiger partial charge in [-0.2, -0.15) is 0 Å². The fraction of sp³-hybridized carbons (Fsp3) is 0.136. The number of para-hydroxylation sites is 4. The van der Waals surface area contributed by atoms with Crippen molar-refractivity contribution in [1.82, 2.24) is 9.55 Å². The lowest BCUT2D eigenvalue weighted by molar-refractivity contribution is 0.272. The van der Waals surface area contributed by atoms with Crippen molar-refractivity contribution in [2.75, 3.05) is 6.61 Å². The molecule has 0 unspecified atom stereocenters. The first-order valence-corrected chi connectivity index (χ1v) is 8.70. The Kier molecular flexibility index (Phi) is 4.83. The number of ether oxygens (including phenoxy) is 2. The van der Waals surface area contributed by atoms with Crippen molar-refractivity contribution in [3.8, 4) is 11.5 Å². The van der Waals surface area contributed by atoms with Crippen LogP contribution >= 0.6 is 0 Å². The van der Waals surface area contributed by atoms with Gasteiger partial charge in [-0.1, -0.05) is 48.5 Å². The molecule has 4 heteroatoms. The third-order valence-electron chi connectivity index (χ3n) is 4.17. The smallest absolute Gasteiger partial charge is 0.148 e. The van der Waals surface area contributed by atoms with E-state index in [0.29, 0.717) is 19.8 Å². The van der Waals surface area contributed by atoms with E-state index >= 15 is 0 Å². The molecule has 0 radical (unpaired) electrons. The van der Waals surface area contributed by atoms with Crippen LogP contribution in [0.25, 0.3) is 11.0 Å². The minimum atomic E-state index is 0.421. The fourth-order valence-electron chi connectivity index (χ4n) is 2.92. The van der Waals surface area contributed by atoms with Crippen molar-refractivity contribution in [3.05, 3.63) is 90.8 Å². The molecule has 0 saturated carbocycles. The second kappa shape index (κ2) is 7.74. The summed E-state index contributed by atoms with van der Waals surface area (Å²) < 4.78 is 13.9. The number of aromatic nitrogens is 2. The highest BCUT2D eigenvalue weighted by Gasteiger charge is 2.11. The minimum absolute atomic E-state index is 0.421. The summed E-state index contributed by atoms with van der Waals surface area (Å²) in [6.45, 7) is 1.70. The van der Waals surface area contributed by atoms with Gasteiger partial charge in [-0.05, 0) is 36.4 Å². The summed E-state index contributed by atoms with van der Waals surface area (Å²) in [5, 5.41) is 0. The molecule has 0 saturated heterocycles. The quantitative estimate of drug-likeness (QED) is 0.488. The van der Waals surface area contributed by atoms with E-state index in [1.807, 2.05) is 78.9 Å². The van der Waals surface area contributed by atoms with E-state index in [-0.39, 0.29) is 0 Å². The Bertz CT molecular complexity index is 965. The highest BCUT2D eigenvalue weighted by molar-refractivity contribution is 5.75. The molecule has 0 atom stereocenters. The van der Waals surface area contributed by atoms with E-state index in [2.05, 4.69) is 10.6 Å². The van der Waals surface area contributed by atoms with Crippen LogP contribution in [0.1, 0.15) is 5.82 Å². The van der Waals surface area contributed by atoms with Crippen molar-refractivity contribution in [1.29, 1.82) is 0 Å². The molecule has 4 rings (SSSR count). The highest BCUT2D eigenvalue weighted by Crippen LogP contribution is 2.18. The van der Waals surface area contributed by atoms with Gasteiger partial charge in [-0.3, -0.25) is 0 Å². The van der Waals surface area contributed by atoms with Crippen molar-refractivity contribution < 1.29 is 9.47 Å². The molecular weight excluding hydrogens is 324 g/mol. The summed E-state index contributed by atoms with van der Waals surface area (Å²) in [5.41, 5.74) is 2.06. The van der Waals surface area contributed by atoms with Crippen LogP contribution in [-0.2, 0) is 13.2 Å². The molecule has 0 fully saturated rings. The topological polar surface area (TPSA) is 36.3 Å². The minimum Gasteiger partial charge on any atom is -0.492 e. The monoisotopic (exact) mass is 344 g/mol. The maximum atomic E-state index is 5.90. The molecule has 0 amide bonds. The van der Waals surface area contributed by atoms with Gasteiger partial charge in [-0.25, -0.2) is 4.98 Å². The van der Waals surface area contributed by atoms with E-state index in [4.69, 9.17) is 14.5 Å². The molecule has 0 aliphatic heterocycles. The summed E-state index contributed by atoms with van der Waals surface area (Å²) in [6, 6.07) is 27.8. The van der Waals surface area contributed by atoms with Gasteiger partial charge < -0.3 is 14.0 Å². The Morgan fingerprint density at radius 1 is 0.692 bits per heavy atom. The summed E-state index contributed by atoms with van der Waals surface area (Å²) >= 11 is 0. The van der Waals surface area contributed by atoms with Crippen LogP contribution in [0.3, 0.4) is 0 Å². The standard InChI is InChI=1S/C22H20N2O2/c1-3-9-18(10-4-1)25-16-15-24-21-14-8-7-13-20(21)23-22(24)17-26-19-11-5-2-6-12-19/h1-14H,15-17H2. The normalized spacial score (nSPS) is 10.8. The zero-order chi connectivity index (χ0) is 17.6. The molecule has 3 aromatic carbocycles. The molecule has 1 aromatic heterocycles. The lowest BCUT2D eigenvalue weighted by atomic mass is 10.3. The highest BCUT2D eigenvalue weighted by atomic mass is 16.5. The van der Waals surface area contributed by atoms with Crippen LogP contribution in [-0.4, -0.2) is 16.2 Å². The van der Waals surface area contributed by atoms with Gasteiger partial charge in [0.1, 0.15) is 30.5 Å². The average molecular weight is 344 g/mol. The van der Waals surface area contributed by atoms with Gasteiger partial charge in [0.05, 0.1) is 17.6 Å².